The van der Waals surface area contributed by atoms with E-state index in [-0.39, 0.29) is 18.6 Å². The Labute approximate surface area is 138 Å². The predicted octanol–water partition coefficient (Wildman–Crippen LogP) is 2.01. The molecule has 1 aliphatic rings. The molecule has 0 saturated carbocycles. The van der Waals surface area contributed by atoms with Crippen LogP contribution in [-0.4, -0.2) is 48.2 Å². The van der Waals surface area contributed by atoms with E-state index in [1.165, 1.54) is 0 Å². The van der Waals surface area contributed by atoms with Crippen LogP contribution in [0.25, 0.3) is 0 Å². The Morgan fingerprint density at radius 1 is 1.39 bits per heavy atom. The summed E-state index contributed by atoms with van der Waals surface area (Å²) in [7, 11) is 0. The summed E-state index contributed by atoms with van der Waals surface area (Å²) in [4.78, 5) is 16.5. The molecule has 1 aliphatic heterocycles. The second-order valence-electron chi connectivity index (χ2n) is 6.25. The van der Waals surface area contributed by atoms with Gasteiger partial charge in [-0.1, -0.05) is 6.07 Å². The fraction of sp³-hybridized carbons (Fsp3) is 0.556. The lowest BCUT2D eigenvalue weighted by atomic mass is 10.1. The number of nitrogens with zero attached hydrogens (tertiary/aromatic N) is 3. The van der Waals surface area contributed by atoms with Crippen LogP contribution >= 0.6 is 0 Å². The molecule has 23 heavy (non-hydrogen) atoms. The van der Waals surface area contributed by atoms with Gasteiger partial charge in [0.2, 0.25) is 5.91 Å². The van der Waals surface area contributed by atoms with Crippen molar-refractivity contribution < 1.29 is 9.90 Å². The summed E-state index contributed by atoms with van der Waals surface area (Å²) in [6, 6.07) is 8.23. The molecule has 1 heterocycles. The zero-order valence-corrected chi connectivity index (χ0v) is 14.0. The number of aliphatic hydroxyl groups is 1. The maximum Gasteiger partial charge on any atom is 0.241 e. The standard InChI is InChI=1S/C18H25N3O2/c1-14-9-15(2)11-17(10-14)21(8-4-6-19)18(23)12-20-7-3-5-16(20)13-22/h9-11,16,22H,3-5,7-8,12-13H2,1-2H3/t16-/m1/s1. The van der Waals surface area contributed by atoms with Crippen LogP contribution in [0.15, 0.2) is 18.2 Å². The molecule has 1 fully saturated rings. The van der Waals surface area contributed by atoms with Gasteiger partial charge in [0, 0.05) is 18.3 Å². The zero-order valence-electron chi connectivity index (χ0n) is 14.0. The molecule has 0 aromatic heterocycles. The number of rotatable bonds is 6. The van der Waals surface area contributed by atoms with Crippen molar-refractivity contribution in [3.8, 4) is 6.07 Å². The highest BCUT2D eigenvalue weighted by atomic mass is 16.3. The molecule has 0 spiro atoms. The lowest BCUT2D eigenvalue weighted by molar-refractivity contribution is -0.120. The van der Waals surface area contributed by atoms with Crippen molar-refractivity contribution in [1.29, 1.82) is 5.26 Å². The Morgan fingerprint density at radius 2 is 2.09 bits per heavy atom. The van der Waals surface area contributed by atoms with E-state index in [1.807, 2.05) is 30.9 Å². The second-order valence-corrected chi connectivity index (χ2v) is 6.25. The first kappa shape index (κ1) is 17.5. The molecule has 1 aromatic carbocycles. The van der Waals surface area contributed by atoms with Gasteiger partial charge in [-0.05, 0) is 56.5 Å². The molecular formula is C18H25N3O2. The third-order valence-electron chi connectivity index (χ3n) is 4.31. The van der Waals surface area contributed by atoms with Crippen LogP contribution in [0.1, 0.15) is 30.4 Å². The van der Waals surface area contributed by atoms with E-state index in [0.29, 0.717) is 19.5 Å². The van der Waals surface area contributed by atoms with E-state index in [9.17, 15) is 9.90 Å². The fourth-order valence-electron chi connectivity index (χ4n) is 3.24. The minimum absolute atomic E-state index is 0.00870. The summed E-state index contributed by atoms with van der Waals surface area (Å²) in [5.74, 6) is -0.00870. The van der Waals surface area contributed by atoms with E-state index in [0.717, 1.165) is 36.2 Å². The highest BCUT2D eigenvalue weighted by Gasteiger charge is 2.27. The molecule has 0 unspecified atom stereocenters. The number of nitriles is 1. The van der Waals surface area contributed by atoms with Crippen LogP contribution in [0, 0.1) is 25.2 Å². The van der Waals surface area contributed by atoms with Gasteiger partial charge in [-0.25, -0.2) is 0 Å². The van der Waals surface area contributed by atoms with Crippen molar-refractivity contribution in [3.05, 3.63) is 29.3 Å². The quantitative estimate of drug-likeness (QED) is 0.872. The van der Waals surface area contributed by atoms with Crippen LogP contribution in [0.5, 0.6) is 0 Å². The summed E-state index contributed by atoms with van der Waals surface area (Å²) in [5, 5.41) is 18.3. The molecule has 1 aromatic rings. The normalized spacial score (nSPS) is 17.9. The summed E-state index contributed by atoms with van der Waals surface area (Å²) in [5.41, 5.74) is 3.05. The van der Waals surface area contributed by atoms with Gasteiger partial charge in [-0.3, -0.25) is 9.69 Å². The largest absolute Gasteiger partial charge is 0.395 e. The minimum Gasteiger partial charge on any atom is -0.395 e. The molecule has 124 valence electrons. The first-order valence-electron chi connectivity index (χ1n) is 8.15. The van der Waals surface area contributed by atoms with E-state index in [4.69, 9.17) is 5.26 Å². The van der Waals surface area contributed by atoms with Crippen LogP contribution in [-0.2, 0) is 4.79 Å². The third-order valence-corrected chi connectivity index (χ3v) is 4.31. The number of anilines is 1. The molecular weight excluding hydrogens is 290 g/mol. The first-order chi connectivity index (χ1) is 11.0. The van der Waals surface area contributed by atoms with Crippen molar-refractivity contribution in [1.82, 2.24) is 4.90 Å². The van der Waals surface area contributed by atoms with Gasteiger partial charge >= 0.3 is 0 Å². The zero-order chi connectivity index (χ0) is 16.8. The average Bonchev–Trinajstić information content (AvgIpc) is 2.93. The number of amides is 1. The number of hydrogen-bond acceptors (Lipinski definition) is 4. The molecule has 5 heteroatoms. The average molecular weight is 315 g/mol. The van der Waals surface area contributed by atoms with E-state index < -0.39 is 0 Å². The van der Waals surface area contributed by atoms with E-state index >= 15 is 0 Å². The monoisotopic (exact) mass is 315 g/mol. The van der Waals surface area contributed by atoms with Crippen LogP contribution in [0.4, 0.5) is 5.69 Å². The Bertz CT molecular complexity index is 574. The van der Waals surface area contributed by atoms with Crippen molar-refractivity contribution in [2.45, 2.75) is 39.2 Å². The van der Waals surface area contributed by atoms with Gasteiger partial charge in [-0.2, -0.15) is 5.26 Å². The van der Waals surface area contributed by atoms with Gasteiger partial charge in [-0.15, -0.1) is 0 Å². The van der Waals surface area contributed by atoms with E-state index in [1.54, 1.807) is 4.90 Å². The Balaban J connectivity index is 2.17. The number of likely N-dealkylation sites (tertiary alicyclic amines) is 1. The molecule has 5 nitrogen and oxygen atoms in total. The molecule has 1 atom stereocenters. The highest BCUT2D eigenvalue weighted by molar-refractivity contribution is 5.95. The van der Waals surface area contributed by atoms with Gasteiger partial charge in [0.1, 0.15) is 0 Å². The van der Waals surface area contributed by atoms with Crippen LogP contribution < -0.4 is 4.90 Å². The highest BCUT2D eigenvalue weighted by Crippen LogP contribution is 2.21. The molecule has 1 amide bonds. The molecule has 0 bridgehead atoms. The minimum atomic E-state index is -0.00870. The van der Waals surface area contributed by atoms with Crippen LogP contribution in [0.2, 0.25) is 0 Å². The van der Waals surface area contributed by atoms with Gasteiger partial charge in [0.05, 0.1) is 25.6 Å². The topological polar surface area (TPSA) is 67.6 Å². The fourth-order valence-corrected chi connectivity index (χ4v) is 3.24. The van der Waals surface area contributed by atoms with Gasteiger partial charge in [0.25, 0.3) is 0 Å². The maximum absolute atomic E-state index is 12.8. The number of aliphatic hydroxyl groups excluding tert-OH is 1. The maximum atomic E-state index is 12.8. The molecule has 1 N–H and O–H groups in total. The number of benzene rings is 1. The Hall–Kier alpha value is -1.90. The lowest BCUT2D eigenvalue weighted by Gasteiger charge is -2.28. The smallest absolute Gasteiger partial charge is 0.241 e. The third kappa shape index (κ3) is 4.54. The number of carbonyl (C=O) groups excluding carboxylic acids is 1. The molecule has 2 rings (SSSR count). The van der Waals surface area contributed by atoms with Crippen molar-refractivity contribution >= 4 is 11.6 Å². The molecule has 0 radical (unpaired) electrons. The summed E-state index contributed by atoms with van der Waals surface area (Å²) >= 11 is 0. The Kier molecular flexibility index (Phi) is 6.14. The van der Waals surface area contributed by atoms with Gasteiger partial charge < -0.3 is 10.0 Å². The summed E-state index contributed by atoms with van der Waals surface area (Å²) < 4.78 is 0. The number of hydrogen-bond donors (Lipinski definition) is 1. The SMILES string of the molecule is Cc1cc(C)cc(N(CCC#N)C(=O)CN2CCC[C@@H]2CO)c1. The van der Waals surface area contributed by atoms with Crippen molar-refractivity contribution in [3.63, 3.8) is 0 Å². The second kappa shape index (κ2) is 8.09. The van der Waals surface area contributed by atoms with Crippen LogP contribution in [0.3, 0.4) is 0 Å². The van der Waals surface area contributed by atoms with Crippen molar-refractivity contribution in [2.24, 2.45) is 0 Å². The summed E-state index contributed by atoms with van der Waals surface area (Å²) in [6.45, 7) is 5.64. The number of carbonyl (C=O) groups is 1. The molecule has 1 saturated heterocycles. The first-order valence-corrected chi connectivity index (χ1v) is 8.15. The van der Waals surface area contributed by atoms with Gasteiger partial charge in [0.15, 0.2) is 0 Å². The molecule has 0 aliphatic carbocycles. The predicted molar refractivity (Wildman–Crippen MR) is 90.2 cm³/mol. The van der Waals surface area contributed by atoms with E-state index in [2.05, 4.69) is 12.1 Å². The van der Waals surface area contributed by atoms with Crippen molar-refractivity contribution in [2.75, 3.05) is 31.1 Å². The Morgan fingerprint density at radius 3 is 2.70 bits per heavy atom. The summed E-state index contributed by atoms with van der Waals surface area (Å²) in [6.07, 6.45) is 2.26. The number of aryl methyl sites for hydroxylation is 2. The lowest BCUT2D eigenvalue weighted by Crippen LogP contribution is -2.43.